The Bertz CT molecular complexity index is 1120. The van der Waals surface area contributed by atoms with Crippen molar-refractivity contribution in [3.63, 3.8) is 0 Å². The molecule has 2 aliphatic rings. The molecule has 0 N–H and O–H groups in total. The smallest absolute Gasteiger partial charge is 0.174 e. The fourth-order valence-electron chi connectivity index (χ4n) is 4.40. The van der Waals surface area contributed by atoms with Crippen LogP contribution < -0.4 is 0 Å². The third kappa shape index (κ3) is 4.40. The van der Waals surface area contributed by atoms with Gasteiger partial charge in [-0.1, -0.05) is 30.0 Å². The quantitative estimate of drug-likeness (QED) is 0.314. The van der Waals surface area contributed by atoms with Crippen molar-refractivity contribution in [3.05, 3.63) is 53.1 Å². The Morgan fingerprint density at radius 1 is 1.16 bits per heavy atom. The zero-order valence-corrected chi connectivity index (χ0v) is 19.0. The summed E-state index contributed by atoms with van der Waals surface area (Å²) in [5.41, 5.74) is 4.08. The van der Waals surface area contributed by atoms with E-state index in [1.807, 2.05) is 24.3 Å². The van der Waals surface area contributed by atoms with Crippen LogP contribution in [0.1, 0.15) is 46.5 Å². The Kier molecular flexibility index (Phi) is 5.82. The molecule has 1 saturated heterocycles. The molecule has 2 aromatic heterocycles. The summed E-state index contributed by atoms with van der Waals surface area (Å²) in [5, 5.41) is 1.90. The van der Waals surface area contributed by atoms with Gasteiger partial charge in [-0.25, -0.2) is 9.97 Å². The number of benzene rings is 1. The predicted molar refractivity (Wildman–Crippen MR) is 123 cm³/mol. The zero-order chi connectivity index (χ0) is 21.4. The van der Waals surface area contributed by atoms with Crippen LogP contribution in [0.3, 0.4) is 0 Å². The third-order valence-corrected chi connectivity index (χ3v) is 7.11. The van der Waals surface area contributed by atoms with Gasteiger partial charge in [0.05, 0.1) is 31.0 Å². The first-order chi connectivity index (χ1) is 15.1. The number of Topliss-reactive ketones (excluding diaryl/α,β-unsaturated/α-hetero) is 1. The minimum Gasteiger partial charge on any atom is -0.379 e. The van der Waals surface area contributed by atoms with E-state index in [0.717, 1.165) is 59.3 Å². The van der Waals surface area contributed by atoms with Gasteiger partial charge < -0.3 is 9.30 Å². The van der Waals surface area contributed by atoms with Crippen LogP contribution in [0.15, 0.2) is 35.4 Å². The second-order valence-corrected chi connectivity index (χ2v) is 9.41. The molecule has 0 atom stereocenters. The Hall–Kier alpha value is -2.22. The molecule has 1 aliphatic carbocycles. The van der Waals surface area contributed by atoms with Crippen molar-refractivity contribution in [1.82, 2.24) is 19.4 Å². The van der Waals surface area contributed by atoms with Gasteiger partial charge in [0.25, 0.3) is 0 Å². The highest BCUT2D eigenvalue weighted by molar-refractivity contribution is 8.00. The summed E-state index contributed by atoms with van der Waals surface area (Å²) in [4.78, 5) is 25.0. The van der Waals surface area contributed by atoms with Crippen LogP contribution in [-0.4, -0.2) is 57.3 Å². The van der Waals surface area contributed by atoms with Crippen LogP contribution in [-0.2, 0) is 11.3 Å². The number of para-hydroxylation sites is 1. The minimum atomic E-state index is 0.169. The number of hydrogen-bond acceptors (Lipinski definition) is 6. The van der Waals surface area contributed by atoms with Crippen molar-refractivity contribution < 1.29 is 9.53 Å². The SMILES string of the molecule is Cc1cc(C(=O)CSc2nc(CN3CCOCC3)nc3ccccc23)c(C)n1C1CC1. The van der Waals surface area contributed by atoms with Gasteiger partial charge in [-0.15, -0.1) is 0 Å². The van der Waals surface area contributed by atoms with E-state index in [-0.39, 0.29) is 5.78 Å². The molecule has 0 unspecified atom stereocenters. The van der Waals surface area contributed by atoms with Gasteiger partial charge in [0.1, 0.15) is 10.9 Å². The van der Waals surface area contributed by atoms with Crippen molar-refractivity contribution in [2.75, 3.05) is 32.1 Å². The van der Waals surface area contributed by atoms with Gasteiger partial charge in [-0.2, -0.15) is 0 Å². The number of carbonyl (C=O) groups is 1. The number of thioether (sulfide) groups is 1. The molecular formula is C24H28N4O2S. The molecule has 1 aliphatic heterocycles. The van der Waals surface area contributed by atoms with E-state index in [9.17, 15) is 4.79 Å². The van der Waals surface area contributed by atoms with Gasteiger partial charge in [0.2, 0.25) is 0 Å². The van der Waals surface area contributed by atoms with Crippen molar-refractivity contribution in [2.45, 2.75) is 44.3 Å². The first-order valence-electron chi connectivity index (χ1n) is 11.0. The number of fused-ring (bicyclic) bond motifs is 1. The fourth-order valence-corrected chi connectivity index (χ4v) is 5.32. The molecular weight excluding hydrogens is 408 g/mol. The molecule has 3 aromatic rings. The van der Waals surface area contributed by atoms with Gasteiger partial charge in [0, 0.05) is 41.5 Å². The van der Waals surface area contributed by atoms with E-state index in [4.69, 9.17) is 14.7 Å². The summed E-state index contributed by atoms with van der Waals surface area (Å²) in [7, 11) is 0. The third-order valence-electron chi connectivity index (χ3n) is 6.12. The number of aryl methyl sites for hydroxylation is 1. The predicted octanol–water partition coefficient (Wildman–Crippen LogP) is 4.19. The molecule has 3 heterocycles. The monoisotopic (exact) mass is 436 g/mol. The molecule has 1 saturated carbocycles. The number of hydrogen-bond donors (Lipinski definition) is 0. The Morgan fingerprint density at radius 3 is 2.71 bits per heavy atom. The summed E-state index contributed by atoms with van der Waals surface area (Å²) in [6, 6.07) is 10.7. The van der Waals surface area contributed by atoms with Gasteiger partial charge in [-0.05, 0) is 38.8 Å². The molecule has 0 amide bonds. The number of aromatic nitrogens is 3. The largest absolute Gasteiger partial charge is 0.379 e. The highest BCUT2D eigenvalue weighted by Gasteiger charge is 2.28. The summed E-state index contributed by atoms with van der Waals surface area (Å²) in [6.45, 7) is 8.18. The summed E-state index contributed by atoms with van der Waals surface area (Å²) in [6.07, 6.45) is 2.44. The fraction of sp³-hybridized carbons (Fsp3) is 0.458. The normalized spacial score (nSPS) is 17.4. The topological polar surface area (TPSA) is 60.3 Å². The molecule has 5 rings (SSSR count). The number of carbonyl (C=O) groups excluding carboxylic acids is 1. The molecule has 7 heteroatoms. The van der Waals surface area contributed by atoms with Crippen LogP contribution in [0.25, 0.3) is 10.9 Å². The number of ketones is 1. The first kappa shape index (κ1) is 20.7. The Morgan fingerprint density at radius 2 is 1.94 bits per heavy atom. The lowest BCUT2D eigenvalue weighted by atomic mass is 10.2. The van der Waals surface area contributed by atoms with E-state index in [2.05, 4.69) is 29.4 Å². The maximum atomic E-state index is 13.1. The molecule has 0 bridgehead atoms. The lowest BCUT2D eigenvalue weighted by Gasteiger charge is -2.25. The summed E-state index contributed by atoms with van der Waals surface area (Å²) in [5.74, 6) is 1.36. The number of rotatable bonds is 7. The van der Waals surface area contributed by atoms with Crippen molar-refractivity contribution in [3.8, 4) is 0 Å². The standard InChI is InChI=1S/C24H28N4O2S/c1-16-13-20(17(2)28(16)18-7-8-18)22(29)15-31-24-19-5-3-4-6-21(19)25-23(26-24)14-27-9-11-30-12-10-27/h3-6,13,18H,7-12,14-15H2,1-2H3. The van der Waals surface area contributed by atoms with Crippen molar-refractivity contribution >= 4 is 28.4 Å². The van der Waals surface area contributed by atoms with Crippen LogP contribution in [0.2, 0.25) is 0 Å². The summed E-state index contributed by atoms with van der Waals surface area (Å²) < 4.78 is 7.78. The van der Waals surface area contributed by atoms with Crippen LogP contribution >= 0.6 is 11.8 Å². The van der Waals surface area contributed by atoms with E-state index in [0.29, 0.717) is 18.3 Å². The molecule has 31 heavy (non-hydrogen) atoms. The Labute approximate surface area is 187 Å². The molecule has 1 aromatic carbocycles. The van der Waals surface area contributed by atoms with E-state index < -0.39 is 0 Å². The number of morpholine rings is 1. The summed E-state index contributed by atoms with van der Waals surface area (Å²) >= 11 is 1.52. The molecule has 162 valence electrons. The van der Waals surface area contributed by atoms with Crippen LogP contribution in [0.4, 0.5) is 0 Å². The zero-order valence-electron chi connectivity index (χ0n) is 18.1. The highest BCUT2D eigenvalue weighted by Crippen LogP contribution is 2.38. The van der Waals surface area contributed by atoms with Crippen LogP contribution in [0.5, 0.6) is 0 Å². The maximum Gasteiger partial charge on any atom is 0.174 e. The molecule has 0 spiro atoms. The lowest BCUT2D eigenvalue weighted by Crippen LogP contribution is -2.36. The average Bonchev–Trinajstić information content (AvgIpc) is 3.56. The van der Waals surface area contributed by atoms with E-state index in [1.54, 1.807) is 0 Å². The lowest BCUT2D eigenvalue weighted by molar-refractivity contribution is 0.0330. The molecule has 6 nitrogen and oxygen atoms in total. The molecule has 2 fully saturated rings. The van der Waals surface area contributed by atoms with Gasteiger partial charge in [0.15, 0.2) is 5.78 Å². The number of ether oxygens (including phenoxy) is 1. The second-order valence-electron chi connectivity index (χ2n) is 8.45. The van der Waals surface area contributed by atoms with Gasteiger partial charge >= 0.3 is 0 Å². The number of nitrogens with zero attached hydrogens (tertiary/aromatic N) is 4. The van der Waals surface area contributed by atoms with E-state index in [1.165, 1.54) is 30.3 Å². The molecule has 0 radical (unpaired) electrons. The van der Waals surface area contributed by atoms with Crippen molar-refractivity contribution in [1.29, 1.82) is 0 Å². The average molecular weight is 437 g/mol. The van der Waals surface area contributed by atoms with Crippen LogP contribution in [0, 0.1) is 13.8 Å². The Balaban J connectivity index is 1.36. The van der Waals surface area contributed by atoms with Crippen molar-refractivity contribution in [2.24, 2.45) is 0 Å². The first-order valence-corrected chi connectivity index (χ1v) is 12.0. The van der Waals surface area contributed by atoms with Gasteiger partial charge in [-0.3, -0.25) is 9.69 Å². The second kappa shape index (κ2) is 8.73. The highest BCUT2D eigenvalue weighted by atomic mass is 32.2. The minimum absolute atomic E-state index is 0.169. The van der Waals surface area contributed by atoms with E-state index >= 15 is 0 Å². The maximum absolute atomic E-state index is 13.1.